The Bertz CT molecular complexity index is 640. The van der Waals surface area contributed by atoms with Crippen LogP contribution in [0.2, 0.25) is 0 Å². The van der Waals surface area contributed by atoms with Crippen molar-refractivity contribution in [2.24, 2.45) is 0 Å². The molecule has 1 heterocycles. The summed E-state index contributed by atoms with van der Waals surface area (Å²) in [5.41, 5.74) is -0.411. The summed E-state index contributed by atoms with van der Waals surface area (Å²) in [6, 6.07) is 8.01. The summed E-state index contributed by atoms with van der Waals surface area (Å²) >= 11 is 0. The molecule has 0 saturated heterocycles. The lowest BCUT2D eigenvalue weighted by Gasteiger charge is -2.04. The molecule has 2 rings (SSSR count). The third kappa shape index (κ3) is 2.52. The lowest BCUT2D eigenvalue weighted by Crippen LogP contribution is -2.08. The molecule has 0 radical (unpaired) electrons. The Morgan fingerprint density at radius 2 is 2.11 bits per heavy atom. The molecule has 0 atom stereocenters. The maximum Gasteiger partial charge on any atom is 0.438 e. The zero-order valence-electron chi connectivity index (χ0n) is 9.77. The molecule has 4 nitrogen and oxygen atoms in total. The number of nitriles is 1. The van der Waals surface area contributed by atoms with Gasteiger partial charge in [-0.3, -0.25) is 0 Å². The van der Waals surface area contributed by atoms with Crippen LogP contribution in [0.1, 0.15) is 11.3 Å². The van der Waals surface area contributed by atoms with E-state index in [4.69, 9.17) is 5.26 Å². The van der Waals surface area contributed by atoms with Crippen LogP contribution in [0.5, 0.6) is 5.75 Å². The van der Waals surface area contributed by atoms with Gasteiger partial charge in [0.2, 0.25) is 5.69 Å². The van der Waals surface area contributed by atoms with Crippen molar-refractivity contribution in [3.05, 3.63) is 41.7 Å². The quantitative estimate of drug-likeness (QED) is 0.840. The Labute approximate surface area is 106 Å². The van der Waals surface area contributed by atoms with Crippen LogP contribution in [0, 0.1) is 11.3 Å². The van der Waals surface area contributed by atoms with Crippen LogP contribution in [0.4, 0.5) is 13.2 Å². The van der Waals surface area contributed by atoms with E-state index in [2.05, 4.69) is 9.84 Å². The molecule has 0 spiro atoms. The largest absolute Gasteiger partial charge is 0.493 e. The van der Waals surface area contributed by atoms with E-state index >= 15 is 0 Å². The van der Waals surface area contributed by atoms with Crippen molar-refractivity contribution in [1.82, 2.24) is 9.78 Å². The number of ether oxygens (including phenoxy) is 1. The molecular formula is C12H8F3N3O. The molecule has 0 saturated carbocycles. The smallest absolute Gasteiger partial charge is 0.438 e. The van der Waals surface area contributed by atoms with Gasteiger partial charge >= 0.3 is 6.18 Å². The first-order valence-corrected chi connectivity index (χ1v) is 5.17. The van der Waals surface area contributed by atoms with Gasteiger partial charge in [0.25, 0.3) is 0 Å². The molecule has 0 unspecified atom stereocenters. The van der Waals surface area contributed by atoms with Crippen LogP contribution in [0.3, 0.4) is 0 Å². The standard InChI is InChI=1S/C12H8F3N3O/c1-19-10-7-18(17-11(10)12(13,14)15)9-4-2-3-8(5-9)6-16/h2-5,7H,1H3. The van der Waals surface area contributed by atoms with Crippen molar-refractivity contribution in [3.8, 4) is 17.5 Å². The van der Waals surface area contributed by atoms with E-state index < -0.39 is 11.9 Å². The van der Waals surface area contributed by atoms with Crippen LogP contribution in [-0.2, 0) is 6.18 Å². The maximum atomic E-state index is 12.7. The number of alkyl halides is 3. The Morgan fingerprint density at radius 3 is 2.63 bits per heavy atom. The molecule has 0 aliphatic heterocycles. The normalized spacial score (nSPS) is 11.1. The highest BCUT2D eigenvalue weighted by Crippen LogP contribution is 2.35. The third-order valence-corrected chi connectivity index (χ3v) is 2.41. The van der Waals surface area contributed by atoms with Crippen molar-refractivity contribution in [1.29, 1.82) is 5.26 Å². The van der Waals surface area contributed by atoms with Crippen molar-refractivity contribution in [3.63, 3.8) is 0 Å². The van der Waals surface area contributed by atoms with E-state index in [0.29, 0.717) is 11.3 Å². The Kier molecular flexibility index (Phi) is 3.17. The number of methoxy groups -OCH3 is 1. The van der Waals surface area contributed by atoms with Gasteiger partial charge in [-0.2, -0.15) is 23.5 Å². The molecule has 7 heteroatoms. The predicted molar refractivity (Wildman–Crippen MR) is 59.8 cm³/mol. The van der Waals surface area contributed by atoms with E-state index in [1.807, 2.05) is 6.07 Å². The first-order chi connectivity index (χ1) is 8.95. The zero-order chi connectivity index (χ0) is 14.0. The maximum absolute atomic E-state index is 12.7. The number of hydrogen-bond acceptors (Lipinski definition) is 3. The molecule has 0 N–H and O–H groups in total. The molecule has 0 aliphatic carbocycles. The summed E-state index contributed by atoms with van der Waals surface area (Å²) in [5, 5.41) is 12.2. The molecule has 1 aromatic carbocycles. The zero-order valence-corrected chi connectivity index (χ0v) is 9.77. The van der Waals surface area contributed by atoms with Crippen molar-refractivity contribution in [2.45, 2.75) is 6.18 Å². The first kappa shape index (κ1) is 13.0. The van der Waals surface area contributed by atoms with Crippen LogP contribution >= 0.6 is 0 Å². The molecule has 1 aromatic heterocycles. The summed E-state index contributed by atoms with van der Waals surface area (Å²) in [6.07, 6.45) is -3.47. The fraction of sp³-hybridized carbons (Fsp3) is 0.167. The number of halogens is 3. The Morgan fingerprint density at radius 1 is 1.37 bits per heavy atom. The molecule has 98 valence electrons. The van der Waals surface area contributed by atoms with Crippen LogP contribution < -0.4 is 4.74 Å². The van der Waals surface area contributed by atoms with E-state index in [-0.39, 0.29) is 5.75 Å². The Hall–Kier alpha value is -2.49. The van der Waals surface area contributed by atoms with Gasteiger partial charge in [-0.25, -0.2) is 4.68 Å². The van der Waals surface area contributed by atoms with Crippen LogP contribution in [0.25, 0.3) is 5.69 Å². The summed E-state index contributed by atoms with van der Waals surface area (Å²) in [7, 11) is 1.14. The van der Waals surface area contributed by atoms with Crippen molar-refractivity contribution in [2.75, 3.05) is 7.11 Å². The summed E-state index contributed by atoms with van der Waals surface area (Å²) in [4.78, 5) is 0. The number of benzene rings is 1. The number of aromatic nitrogens is 2. The monoisotopic (exact) mass is 267 g/mol. The SMILES string of the molecule is COc1cn(-c2cccc(C#N)c2)nc1C(F)(F)F. The van der Waals surface area contributed by atoms with Gasteiger partial charge in [0, 0.05) is 0 Å². The minimum atomic E-state index is -4.59. The van der Waals surface area contributed by atoms with Gasteiger partial charge in [-0.15, -0.1) is 0 Å². The van der Waals surface area contributed by atoms with Gasteiger partial charge in [0.15, 0.2) is 5.75 Å². The van der Waals surface area contributed by atoms with E-state index in [0.717, 1.165) is 18.0 Å². The van der Waals surface area contributed by atoms with E-state index in [1.165, 1.54) is 6.07 Å². The lowest BCUT2D eigenvalue weighted by atomic mass is 10.2. The molecule has 19 heavy (non-hydrogen) atoms. The van der Waals surface area contributed by atoms with E-state index in [1.54, 1.807) is 18.2 Å². The highest BCUT2D eigenvalue weighted by molar-refractivity contribution is 5.42. The van der Waals surface area contributed by atoms with Gasteiger partial charge in [0.1, 0.15) is 0 Å². The number of hydrogen-bond donors (Lipinski definition) is 0. The molecular weight excluding hydrogens is 259 g/mol. The van der Waals surface area contributed by atoms with Crippen molar-refractivity contribution >= 4 is 0 Å². The molecule has 0 fully saturated rings. The molecule has 0 aliphatic rings. The molecule has 0 amide bonds. The van der Waals surface area contributed by atoms with Gasteiger partial charge < -0.3 is 4.74 Å². The van der Waals surface area contributed by atoms with E-state index in [9.17, 15) is 13.2 Å². The predicted octanol–water partition coefficient (Wildman–Crippen LogP) is 2.77. The summed E-state index contributed by atoms with van der Waals surface area (Å²) < 4.78 is 43.8. The van der Waals surface area contributed by atoms with Gasteiger partial charge in [-0.05, 0) is 18.2 Å². The Balaban J connectivity index is 2.52. The number of nitrogens with zero attached hydrogens (tertiary/aromatic N) is 3. The summed E-state index contributed by atoms with van der Waals surface area (Å²) in [5.74, 6) is -0.366. The molecule has 2 aromatic rings. The fourth-order valence-electron chi connectivity index (χ4n) is 1.55. The topological polar surface area (TPSA) is 50.8 Å². The van der Waals surface area contributed by atoms with Crippen LogP contribution in [0.15, 0.2) is 30.5 Å². The molecule has 0 bridgehead atoms. The second kappa shape index (κ2) is 4.65. The van der Waals surface area contributed by atoms with Crippen LogP contribution in [-0.4, -0.2) is 16.9 Å². The highest BCUT2D eigenvalue weighted by Gasteiger charge is 2.38. The second-order valence-electron chi connectivity index (χ2n) is 3.65. The van der Waals surface area contributed by atoms with Gasteiger partial charge in [-0.1, -0.05) is 6.07 Å². The minimum absolute atomic E-state index is 0.334. The first-order valence-electron chi connectivity index (χ1n) is 5.17. The lowest BCUT2D eigenvalue weighted by molar-refractivity contribution is -0.142. The highest BCUT2D eigenvalue weighted by atomic mass is 19.4. The number of rotatable bonds is 2. The van der Waals surface area contributed by atoms with Gasteiger partial charge in [0.05, 0.1) is 30.6 Å². The van der Waals surface area contributed by atoms with Crippen molar-refractivity contribution < 1.29 is 17.9 Å². The minimum Gasteiger partial charge on any atom is -0.493 e. The fourth-order valence-corrected chi connectivity index (χ4v) is 1.55. The third-order valence-electron chi connectivity index (χ3n) is 2.41. The average Bonchev–Trinajstić information content (AvgIpc) is 2.83. The second-order valence-corrected chi connectivity index (χ2v) is 3.65. The summed E-state index contributed by atoms with van der Waals surface area (Å²) in [6.45, 7) is 0. The average molecular weight is 267 g/mol.